The number of thiazole rings is 1. The number of fused-ring (bicyclic) bond motifs is 1. The topological polar surface area (TPSA) is 42.0 Å². The van der Waals surface area contributed by atoms with Crippen molar-refractivity contribution in [2.24, 2.45) is 0 Å². The van der Waals surface area contributed by atoms with Crippen molar-refractivity contribution in [3.63, 3.8) is 0 Å². The molecule has 100 valence electrons. The minimum absolute atomic E-state index is 0.268. The number of hydrogen-bond acceptors (Lipinski definition) is 3. The van der Waals surface area contributed by atoms with Crippen molar-refractivity contribution in [3.8, 4) is 0 Å². The van der Waals surface area contributed by atoms with Gasteiger partial charge in [0.15, 0.2) is 5.13 Å². The van der Waals surface area contributed by atoms with Gasteiger partial charge in [0.25, 0.3) is 5.91 Å². The third-order valence-corrected chi connectivity index (χ3v) is 4.46. The van der Waals surface area contributed by atoms with Gasteiger partial charge in [-0.3, -0.25) is 10.1 Å². The first kappa shape index (κ1) is 13.5. The molecule has 20 heavy (non-hydrogen) atoms. The number of hydrogen-bond donors (Lipinski definition) is 1. The minimum atomic E-state index is -0.268. The molecule has 6 heteroatoms. The summed E-state index contributed by atoms with van der Waals surface area (Å²) in [5.41, 5.74) is 1.29. The largest absolute Gasteiger partial charge is 0.298 e. The van der Waals surface area contributed by atoms with Crippen LogP contribution in [0.1, 0.15) is 10.4 Å². The molecule has 0 aliphatic rings. The molecular formula is C14H8BrClN2OS. The average Bonchev–Trinajstić information content (AvgIpc) is 2.83. The third-order valence-electron chi connectivity index (χ3n) is 2.69. The van der Waals surface area contributed by atoms with Crippen molar-refractivity contribution in [3.05, 3.63) is 57.5 Å². The lowest BCUT2D eigenvalue weighted by atomic mass is 10.2. The van der Waals surface area contributed by atoms with Gasteiger partial charge < -0.3 is 0 Å². The zero-order valence-corrected chi connectivity index (χ0v) is 13.2. The third kappa shape index (κ3) is 2.70. The number of carbonyl (C=O) groups excluding carboxylic acids is 1. The SMILES string of the molecule is O=C(Nc1nc2ccccc2s1)c1cc(Br)ccc1Cl. The number of carbonyl (C=O) groups is 1. The van der Waals surface area contributed by atoms with E-state index in [9.17, 15) is 4.79 Å². The molecule has 0 saturated carbocycles. The second kappa shape index (κ2) is 5.52. The summed E-state index contributed by atoms with van der Waals surface area (Å²) in [7, 11) is 0. The highest BCUT2D eigenvalue weighted by molar-refractivity contribution is 9.10. The predicted molar refractivity (Wildman–Crippen MR) is 86.7 cm³/mol. The first-order valence-corrected chi connectivity index (χ1v) is 7.74. The Morgan fingerprint density at radius 3 is 2.85 bits per heavy atom. The van der Waals surface area contributed by atoms with Crippen LogP contribution in [0.5, 0.6) is 0 Å². The van der Waals surface area contributed by atoms with Crippen LogP contribution < -0.4 is 5.32 Å². The second-order valence-electron chi connectivity index (χ2n) is 4.07. The summed E-state index contributed by atoms with van der Waals surface area (Å²) < 4.78 is 1.83. The van der Waals surface area contributed by atoms with Crippen LogP contribution >= 0.6 is 38.9 Å². The number of halogens is 2. The van der Waals surface area contributed by atoms with Gasteiger partial charge in [-0.15, -0.1) is 0 Å². The van der Waals surface area contributed by atoms with E-state index in [1.165, 1.54) is 11.3 Å². The summed E-state index contributed by atoms with van der Waals surface area (Å²) in [4.78, 5) is 16.6. The average molecular weight is 368 g/mol. The summed E-state index contributed by atoms with van der Waals surface area (Å²) in [5, 5.41) is 3.75. The fraction of sp³-hybridized carbons (Fsp3) is 0. The molecule has 0 atom stereocenters. The normalized spacial score (nSPS) is 10.7. The number of benzene rings is 2. The molecule has 1 N–H and O–H groups in total. The molecule has 0 bridgehead atoms. The van der Waals surface area contributed by atoms with E-state index in [2.05, 4.69) is 26.2 Å². The van der Waals surface area contributed by atoms with Crippen molar-refractivity contribution in [2.75, 3.05) is 5.32 Å². The van der Waals surface area contributed by atoms with Gasteiger partial charge in [0.1, 0.15) is 0 Å². The molecule has 3 rings (SSSR count). The van der Waals surface area contributed by atoms with Gasteiger partial charge in [-0.1, -0.05) is 51.0 Å². The molecule has 0 unspecified atom stereocenters. The second-order valence-corrected chi connectivity index (χ2v) is 6.42. The highest BCUT2D eigenvalue weighted by Gasteiger charge is 2.13. The number of rotatable bonds is 2. The van der Waals surface area contributed by atoms with E-state index in [-0.39, 0.29) is 5.91 Å². The quantitative estimate of drug-likeness (QED) is 0.695. The Labute approximate surface area is 132 Å². The smallest absolute Gasteiger partial charge is 0.258 e. The van der Waals surface area contributed by atoms with Crippen LogP contribution in [0, 0.1) is 0 Å². The fourth-order valence-electron chi connectivity index (χ4n) is 1.76. The van der Waals surface area contributed by atoms with Gasteiger partial charge in [0.05, 0.1) is 20.8 Å². The van der Waals surface area contributed by atoms with Crippen LogP contribution in [0.2, 0.25) is 5.02 Å². The summed E-state index contributed by atoms with van der Waals surface area (Å²) in [6, 6.07) is 12.9. The maximum absolute atomic E-state index is 12.2. The van der Waals surface area contributed by atoms with Crippen LogP contribution in [0.15, 0.2) is 46.9 Å². The molecule has 1 aromatic heterocycles. The fourth-order valence-corrected chi connectivity index (χ4v) is 3.19. The maximum atomic E-state index is 12.2. The van der Waals surface area contributed by atoms with Gasteiger partial charge in [-0.05, 0) is 30.3 Å². The van der Waals surface area contributed by atoms with Crippen molar-refractivity contribution < 1.29 is 4.79 Å². The summed E-state index contributed by atoms with van der Waals surface area (Å²) in [6.45, 7) is 0. The maximum Gasteiger partial charge on any atom is 0.258 e. The predicted octanol–water partition coefficient (Wildman–Crippen LogP) is 4.96. The van der Waals surface area contributed by atoms with Gasteiger partial charge in [-0.2, -0.15) is 0 Å². The number of aromatic nitrogens is 1. The lowest BCUT2D eigenvalue weighted by Crippen LogP contribution is -2.12. The molecule has 0 aliphatic carbocycles. The Bertz CT molecular complexity index is 770. The van der Waals surface area contributed by atoms with Crippen molar-refractivity contribution in [1.82, 2.24) is 4.98 Å². The standard InChI is InChI=1S/C14H8BrClN2OS/c15-8-5-6-10(16)9(7-8)13(19)18-14-17-11-3-1-2-4-12(11)20-14/h1-7H,(H,17,18,19). The van der Waals surface area contributed by atoms with Crippen molar-refractivity contribution in [2.45, 2.75) is 0 Å². The van der Waals surface area contributed by atoms with E-state index in [1.807, 2.05) is 24.3 Å². The number of para-hydroxylation sites is 1. The molecule has 1 heterocycles. The highest BCUT2D eigenvalue weighted by atomic mass is 79.9. The van der Waals surface area contributed by atoms with Crippen LogP contribution in [-0.4, -0.2) is 10.9 Å². The molecule has 0 fully saturated rings. The van der Waals surface area contributed by atoms with Gasteiger partial charge >= 0.3 is 0 Å². The van der Waals surface area contributed by atoms with E-state index in [1.54, 1.807) is 18.2 Å². The Kier molecular flexibility index (Phi) is 3.74. The van der Waals surface area contributed by atoms with E-state index < -0.39 is 0 Å². The first-order chi connectivity index (χ1) is 9.63. The Morgan fingerprint density at radius 2 is 2.05 bits per heavy atom. The molecule has 2 aromatic carbocycles. The monoisotopic (exact) mass is 366 g/mol. The molecule has 0 radical (unpaired) electrons. The van der Waals surface area contributed by atoms with Crippen LogP contribution in [0.3, 0.4) is 0 Å². The Hall–Kier alpha value is -1.43. The number of nitrogens with zero attached hydrogens (tertiary/aromatic N) is 1. The number of anilines is 1. The first-order valence-electron chi connectivity index (χ1n) is 5.75. The molecule has 0 saturated heterocycles. The van der Waals surface area contributed by atoms with E-state index in [0.717, 1.165) is 14.7 Å². The van der Waals surface area contributed by atoms with Crippen LogP contribution in [0.25, 0.3) is 10.2 Å². The summed E-state index contributed by atoms with van der Waals surface area (Å²) in [6.07, 6.45) is 0. The number of amides is 1. The highest BCUT2D eigenvalue weighted by Crippen LogP contribution is 2.27. The Morgan fingerprint density at radius 1 is 1.25 bits per heavy atom. The van der Waals surface area contributed by atoms with Gasteiger partial charge in [0.2, 0.25) is 0 Å². The lowest BCUT2D eigenvalue weighted by Gasteiger charge is -2.04. The zero-order valence-electron chi connectivity index (χ0n) is 10.1. The lowest BCUT2D eigenvalue weighted by molar-refractivity contribution is 0.102. The van der Waals surface area contributed by atoms with E-state index >= 15 is 0 Å². The molecule has 1 amide bonds. The molecule has 0 spiro atoms. The van der Waals surface area contributed by atoms with Gasteiger partial charge in [0, 0.05) is 4.47 Å². The molecule has 3 nitrogen and oxygen atoms in total. The van der Waals surface area contributed by atoms with Crippen LogP contribution in [0.4, 0.5) is 5.13 Å². The minimum Gasteiger partial charge on any atom is -0.298 e. The molecule has 3 aromatic rings. The number of nitrogens with one attached hydrogen (secondary N) is 1. The van der Waals surface area contributed by atoms with E-state index in [0.29, 0.717) is 15.7 Å². The zero-order chi connectivity index (χ0) is 14.1. The Balaban J connectivity index is 1.90. The summed E-state index contributed by atoms with van der Waals surface area (Å²) >= 11 is 10.8. The van der Waals surface area contributed by atoms with Crippen molar-refractivity contribution >= 4 is 60.1 Å². The van der Waals surface area contributed by atoms with Gasteiger partial charge in [-0.25, -0.2) is 4.98 Å². The van der Waals surface area contributed by atoms with Crippen molar-refractivity contribution in [1.29, 1.82) is 0 Å². The van der Waals surface area contributed by atoms with Crippen LogP contribution in [-0.2, 0) is 0 Å². The molecular weight excluding hydrogens is 360 g/mol. The summed E-state index contributed by atoms with van der Waals surface area (Å²) in [5.74, 6) is -0.268. The van der Waals surface area contributed by atoms with E-state index in [4.69, 9.17) is 11.6 Å². The molecule has 0 aliphatic heterocycles.